The predicted molar refractivity (Wildman–Crippen MR) is 176 cm³/mol. The molecule has 11 heteroatoms. The third-order valence-electron chi connectivity index (χ3n) is 7.36. The molecular weight excluding hydrogens is 625 g/mol. The van der Waals surface area contributed by atoms with Crippen LogP contribution in [-0.2, 0) is 23.1 Å². The summed E-state index contributed by atoms with van der Waals surface area (Å²) in [5.41, 5.74) is 3.97. The molecule has 0 bridgehead atoms. The lowest BCUT2D eigenvalue weighted by Crippen LogP contribution is -2.32. The zero-order valence-electron chi connectivity index (χ0n) is 25.0. The van der Waals surface area contributed by atoms with Gasteiger partial charge in [-0.2, -0.15) is 0 Å². The predicted octanol–water partition coefficient (Wildman–Crippen LogP) is 7.99. The first-order valence-corrected chi connectivity index (χ1v) is 16.2. The fraction of sp³-hybridized carbons (Fsp3) is 0.114. The molecule has 0 N–H and O–H groups in total. The number of aryl methyl sites for hydroxylation is 2. The van der Waals surface area contributed by atoms with E-state index in [1.165, 1.54) is 16.4 Å². The van der Waals surface area contributed by atoms with E-state index < -0.39 is 15.8 Å². The molecule has 0 aliphatic carbocycles. The second-order valence-electron chi connectivity index (χ2n) is 10.7. The Balaban J connectivity index is 1.36. The van der Waals surface area contributed by atoms with Gasteiger partial charge in [0.1, 0.15) is 23.6 Å². The summed E-state index contributed by atoms with van der Waals surface area (Å²) in [6.45, 7) is 3.91. The summed E-state index contributed by atoms with van der Waals surface area (Å²) in [6.07, 6.45) is 1.56. The number of nitrogens with zero attached hydrogens (tertiary/aromatic N) is 5. The first-order valence-electron chi connectivity index (χ1n) is 14.4. The van der Waals surface area contributed by atoms with Gasteiger partial charge in [-0.3, -0.25) is 9.29 Å². The number of sulfonamides is 1. The molecule has 8 nitrogen and oxygen atoms in total. The monoisotopic (exact) mass is 653 g/mol. The molecule has 232 valence electrons. The Morgan fingerprint density at radius 1 is 0.848 bits per heavy atom. The topological polar surface area (TPSA) is 90.2 Å². The second-order valence-corrected chi connectivity index (χ2v) is 12.9. The second kappa shape index (κ2) is 13.1. The first kappa shape index (κ1) is 30.9. The standard InChI is InChI=1S/C35H29ClFN5O3S/c1-24-19-26(27-11-17-33(37)32(36)20-27)12-18-34(24)46(43,44)42(29-13-15-31(16-14-29)45-30-9-4-3-5-10-30)22-35-40-38-23-41(35)21-28-8-6-7-25(2)39-28/h3-20,23H,21-22H2,1-2H3. The summed E-state index contributed by atoms with van der Waals surface area (Å²) in [4.78, 5) is 4.68. The van der Waals surface area contributed by atoms with E-state index in [0.29, 0.717) is 46.2 Å². The van der Waals surface area contributed by atoms with Crippen molar-refractivity contribution in [3.8, 4) is 22.6 Å². The van der Waals surface area contributed by atoms with E-state index in [-0.39, 0.29) is 16.5 Å². The first-order chi connectivity index (χ1) is 22.2. The van der Waals surface area contributed by atoms with Gasteiger partial charge in [0, 0.05) is 5.69 Å². The van der Waals surface area contributed by atoms with Crippen molar-refractivity contribution in [3.05, 3.63) is 149 Å². The van der Waals surface area contributed by atoms with Crippen LogP contribution in [0.5, 0.6) is 11.5 Å². The van der Waals surface area contributed by atoms with Crippen LogP contribution < -0.4 is 9.04 Å². The number of hydrogen-bond acceptors (Lipinski definition) is 6. The van der Waals surface area contributed by atoms with Crippen LogP contribution in [-0.4, -0.2) is 28.2 Å². The van der Waals surface area contributed by atoms with Crippen molar-refractivity contribution in [2.75, 3.05) is 4.31 Å². The molecule has 2 aromatic heterocycles. The largest absolute Gasteiger partial charge is 0.457 e. The molecular formula is C35H29ClFN5O3S. The van der Waals surface area contributed by atoms with E-state index in [4.69, 9.17) is 16.3 Å². The van der Waals surface area contributed by atoms with Crippen LogP contribution in [0, 0.1) is 19.7 Å². The molecule has 0 amide bonds. The molecule has 6 rings (SSSR count). The van der Waals surface area contributed by atoms with Gasteiger partial charge in [0.2, 0.25) is 0 Å². The van der Waals surface area contributed by atoms with Crippen molar-refractivity contribution in [2.24, 2.45) is 0 Å². The Hall–Kier alpha value is -5.06. The van der Waals surface area contributed by atoms with Crippen molar-refractivity contribution in [1.82, 2.24) is 19.7 Å². The van der Waals surface area contributed by atoms with Crippen molar-refractivity contribution in [3.63, 3.8) is 0 Å². The summed E-state index contributed by atoms with van der Waals surface area (Å²) >= 11 is 6.01. The van der Waals surface area contributed by atoms with Crippen LogP contribution in [0.4, 0.5) is 10.1 Å². The molecule has 46 heavy (non-hydrogen) atoms. The minimum atomic E-state index is -4.13. The highest BCUT2D eigenvalue weighted by Gasteiger charge is 2.29. The number of halogens is 2. The zero-order valence-corrected chi connectivity index (χ0v) is 26.6. The fourth-order valence-electron chi connectivity index (χ4n) is 5.06. The Labute approximate surface area is 271 Å². The van der Waals surface area contributed by atoms with Crippen molar-refractivity contribution >= 4 is 27.3 Å². The summed E-state index contributed by atoms with van der Waals surface area (Å²) in [6, 6.07) is 31.3. The summed E-state index contributed by atoms with van der Waals surface area (Å²) < 4.78 is 51.8. The maximum atomic E-state index is 14.5. The van der Waals surface area contributed by atoms with E-state index in [1.807, 2.05) is 55.5 Å². The van der Waals surface area contributed by atoms with Gasteiger partial charge >= 0.3 is 0 Å². The van der Waals surface area contributed by atoms with Crippen LogP contribution in [0.25, 0.3) is 11.1 Å². The van der Waals surface area contributed by atoms with E-state index in [9.17, 15) is 12.8 Å². The Morgan fingerprint density at radius 2 is 1.57 bits per heavy atom. The lowest BCUT2D eigenvalue weighted by Gasteiger charge is -2.25. The van der Waals surface area contributed by atoms with Crippen LogP contribution >= 0.6 is 11.6 Å². The number of rotatable bonds is 10. The van der Waals surface area contributed by atoms with Crippen LogP contribution in [0.15, 0.2) is 120 Å². The number of ether oxygens (including phenoxy) is 1. The Bertz CT molecular complexity index is 2110. The van der Waals surface area contributed by atoms with Gasteiger partial charge in [0.15, 0.2) is 5.82 Å². The average Bonchev–Trinajstić information content (AvgIpc) is 3.48. The number of pyridine rings is 1. The molecule has 0 spiro atoms. The summed E-state index contributed by atoms with van der Waals surface area (Å²) in [7, 11) is -4.13. The van der Waals surface area contributed by atoms with Crippen LogP contribution in [0.2, 0.25) is 5.02 Å². The Kier molecular flexibility index (Phi) is 8.83. The number of para-hydroxylation sites is 1. The van der Waals surface area contributed by atoms with Gasteiger partial charge in [-0.05, 0) is 97.3 Å². The highest BCUT2D eigenvalue weighted by atomic mass is 35.5. The molecule has 0 saturated heterocycles. The normalized spacial score (nSPS) is 11.4. The zero-order chi connectivity index (χ0) is 32.3. The Morgan fingerprint density at radius 3 is 2.28 bits per heavy atom. The van der Waals surface area contributed by atoms with Gasteiger partial charge in [0.25, 0.3) is 10.0 Å². The molecule has 2 heterocycles. The molecule has 0 aliphatic rings. The van der Waals surface area contributed by atoms with Gasteiger partial charge in [0.05, 0.1) is 34.4 Å². The van der Waals surface area contributed by atoms with Gasteiger partial charge in [-0.1, -0.05) is 54.1 Å². The van der Waals surface area contributed by atoms with Crippen LogP contribution in [0.1, 0.15) is 22.8 Å². The number of benzene rings is 4. The quantitative estimate of drug-likeness (QED) is 0.149. The van der Waals surface area contributed by atoms with E-state index in [2.05, 4.69) is 15.2 Å². The maximum Gasteiger partial charge on any atom is 0.264 e. The van der Waals surface area contributed by atoms with Gasteiger partial charge < -0.3 is 9.30 Å². The molecule has 0 aliphatic heterocycles. The lowest BCUT2D eigenvalue weighted by atomic mass is 10.0. The average molecular weight is 654 g/mol. The molecule has 0 fully saturated rings. The highest BCUT2D eigenvalue weighted by Crippen LogP contribution is 2.33. The third-order valence-corrected chi connectivity index (χ3v) is 9.58. The smallest absolute Gasteiger partial charge is 0.264 e. The van der Waals surface area contributed by atoms with Crippen LogP contribution in [0.3, 0.4) is 0 Å². The minimum absolute atomic E-state index is 0.0114. The molecule has 0 unspecified atom stereocenters. The number of hydrogen-bond donors (Lipinski definition) is 0. The van der Waals surface area contributed by atoms with E-state index >= 15 is 0 Å². The maximum absolute atomic E-state index is 14.5. The van der Waals surface area contributed by atoms with Gasteiger partial charge in [-0.25, -0.2) is 12.8 Å². The summed E-state index contributed by atoms with van der Waals surface area (Å²) in [5.74, 6) is 1.13. The van der Waals surface area contributed by atoms with Crippen molar-refractivity contribution in [1.29, 1.82) is 0 Å². The highest BCUT2D eigenvalue weighted by molar-refractivity contribution is 7.92. The van der Waals surface area contributed by atoms with E-state index in [0.717, 1.165) is 11.4 Å². The number of anilines is 1. The van der Waals surface area contributed by atoms with Gasteiger partial charge in [-0.15, -0.1) is 10.2 Å². The molecule has 0 saturated carbocycles. The van der Waals surface area contributed by atoms with Crippen molar-refractivity contribution in [2.45, 2.75) is 31.8 Å². The van der Waals surface area contributed by atoms with E-state index in [1.54, 1.807) is 66.3 Å². The minimum Gasteiger partial charge on any atom is -0.457 e. The summed E-state index contributed by atoms with van der Waals surface area (Å²) in [5, 5.41) is 8.36. The molecule has 4 aromatic carbocycles. The SMILES string of the molecule is Cc1cccc(Cn2cnnc2CN(c2ccc(Oc3ccccc3)cc2)S(=O)(=O)c2ccc(-c3ccc(F)c(Cl)c3)cc2C)n1. The molecule has 6 aromatic rings. The number of aromatic nitrogens is 4. The fourth-order valence-corrected chi connectivity index (χ4v) is 6.87. The lowest BCUT2D eigenvalue weighted by molar-refractivity contribution is 0.482. The molecule has 0 atom stereocenters. The molecule has 0 radical (unpaired) electrons. The third kappa shape index (κ3) is 6.78. The van der Waals surface area contributed by atoms with Crippen molar-refractivity contribution < 1.29 is 17.5 Å².